The number of carbonyl (C=O) groups excluding carboxylic acids is 2. The second-order valence-corrected chi connectivity index (χ2v) is 10.7. The van der Waals surface area contributed by atoms with E-state index in [1.165, 1.54) is 18.6 Å². The van der Waals surface area contributed by atoms with Crippen molar-refractivity contribution in [2.75, 3.05) is 13.6 Å². The molecule has 8 nitrogen and oxygen atoms in total. The number of fused-ring (bicyclic) bond motifs is 1. The maximum absolute atomic E-state index is 14.1. The van der Waals surface area contributed by atoms with E-state index in [2.05, 4.69) is 15.6 Å². The lowest BCUT2D eigenvalue weighted by atomic mass is 9.83. The molecule has 9 heteroatoms. The van der Waals surface area contributed by atoms with Gasteiger partial charge >= 0.3 is 0 Å². The SMILES string of the molecule is CNC(C)C(=O)N[C@H](C(=O)N1CCC[C@H]1c1cc(-n2ccc3cc(F)ccc32)nc(C)n1)C1CCCCC1. The van der Waals surface area contributed by atoms with E-state index in [4.69, 9.17) is 4.98 Å². The molecule has 0 radical (unpaired) electrons. The van der Waals surface area contributed by atoms with Crippen LogP contribution < -0.4 is 10.6 Å². The van der Waals surface area contributed by atoms with E-state index in [0.29, 0.717) is 18.2 Å². The van der Waals surface area contributed by atoms with E-state index in [-0.39, 0.29) is 35.6 Å². The van der Waals surface area contributed by atoms with Crippen LogP contribution >= 0.6 is 0 Å². The highest BCUT2D eigenvalue weighted by atomic mass is 19.1. The standard InChI is InChI=1S/C29H37FN6O2/c1-18(31-3)28(37)34-27(20-8-5-4-6-9-20)29(38)36-14-7-10-25(36)23-17-26(33-19(2)32-23)35-15-13-21-16-22(30)11-12-24(21)35/h11-13,15-18,20,25,27,31H,4-10,14H2,1-3H3,(H,34,37)/t18?,25-,27-/m0/s1. The number of halogens is 1. The third-order valence-corrected chi connectivity index (χ3v) is 8.13. The zero-order valence-corrected chi connectivity index (χ0v) is 22.4. The van der Waals surface area contributed by atoms with Gasteiger partial charge in [0.25, 0.3) is 0 Å². The lowest BCUT2D eigenvalue weighted by Gasteiger charge is -2.35. The Hall–Kier alpha value is -3.33. The van der Waals surface area contributed by atoms with E-state index < -0.39 is 6.04 Å². The first-order chi connectivity index (χ1) is 18.4. The molecule has 1 saturated heterocycles. The van der Waals surface area contributed by atoms with Crippen LogP contribution in [0.25, 0.3) is 16.7 Å². The molecule has 1 saturated carbocycles. The molecule has 1 aliphatic heterocycles. The summed E-state index contributed by atoms with van der Waals surface area (Å²) in [4.78, 5) is 38.3. The van der Waals surface area contributed by atoms with Crippen LogP contribution in [0.4, 0.5) is 4.39 Å². The molecule has 2 aromatic heterocycles. The Labute approximate surface area is 223 Å². The number of aryl methyl sites for hydroxylation is 1. The molecule has 0 spiro atoms. The van der Waals surface area contributed by atoms with E-state index in [0.717, 1.165) is 55.1 Å². The molecular formula is C29H37FN6O2. The van der Waals surface area contributed by atoms with Gasteiger partial charge in [-0.25, -0.2) is 14.4 Å². The van der Waals surface area contributed by atoms with E-state index >= 15 is 0 Å². The zero-order valence-electron chi connectivity index (χ0n) is 22.4. The molecule has 2 fully saturated rings. The molecule has 1 unspecified atom stereocenters. The topological polar surface area (TPSA) is 92.2 Å². The number of hydrogen-bond acceptors (Lipinski definition) is 5. The number of likely N-dealkylation sites (tertiary alicyclic amines) is 1. The summed E-state index contributed by atoms with van der Waals surface area (Å²) >= 11 is 0. The van der Waals surface area contributed by atoms with Gasteiger partial charge in [0.05, 0.1) is 23.3 Å². The van der Waals surface area contributed by atoms with Crippen LogP contribution in [0, 0.1) is 18.7 Å². The van der Waals surface area contributed by atoms with Gasteiger partial charge in [-0.1, -0.05) is 19.3 Å². The minimum Gasteiger partial charge on any atom is -0.343 e. The highest BCUT2D eigenvalue weighted by Crippen LogP contribution is 2.35. The zero-order chi connectivity index (χ0) is 26.8. The fraction of sp³-hybridized carbons (Fsp3) is 0.517. The molecule has 38 heavy (non-hydrogen) atoms. The van der Waals surface area contributed by atoms with Crippen LogP contribution in [0.3, 0.4) is 0 Å². The van der Waals surface area contributed by atoms with Crippen molar-refractivity contribution in [1.82, 2.24) is 30.1 Å². The van der Waals surface area contributed by atoms with Gasteiger partial charge < -0.3 is 20.1 Å². The summed E-state index contributed by atoms with van der Waals surface area (Å²) in [6.07, 6.45) is 8.79. The Morgan fingerprint density at radius 1 is 1.05 bits per heavy atom. The van der Waals surface area contributed by atoms with Gasteiger partial charge in [-0.05, 0) is 76.8 Å². The number of benzene rings is 1. The van der Waals surface area contributed by atoms with Crippen LogP contribution in [-0.2, 0) is 9.59 Å². The van der Waals surface area contributed by atoms with Crippen molar-refractivity contribution < 1.29 is 14.0 Å². The van der Waals surface area contributed by atoms with Crippen LogP contribution in [0.15, 0.2) is 36.5 Å². The van der Waals surface area contributed by atoms with Crippen molar-refractivity contribution in [3.8, 4) is 5.82 Å². The maximum Gasteiger partial charge on any atom is 0.246 e. The summed E-state index contributed by atoms with van der Waals surface area (Å²) in [6, 6.07) is 7.40. The Morgan fingerprint density at radius 3 is 2.61 bits per heavy atom. The smallest absolute Gasteiger partial charge is 0.246 e. The molecular weight excluding hydrogens is 483 g/mol. The number of likely N-dealkylation sites (N-methyl/N-ethyl adjacent to an activating group) is 1. The van der Waals surface area contributed by atoms with Crippen LogP contribution in [-0.4, -0.2) is 56.9 Å². The second kappa shape index (κ2) is 11.2. The van der Waals surface area contributed by atoms with Gasteiger partial charge in [0.2, 0.25) is 11.8 Å². The molecule has 202 valence electrons. The number of nitrogens with zero attached hydrogens (tertiary/aromatic N) is 4. The van der Waals surface area contributed by atoms with E-state index in [1.54, 1.807) is 20.0 Å². The first-order valence-electron chi connectivity index (χ1n) is 13.8. The lowest BCUT2D eigenvalue weighted by molar-refractivity contribution is -0.139. The summed E-state index contributed by atoms with van der Waals surface area (Å²) in [5.41, 5.74) is 1.65. The van der Waals surface area contributed by atoms with Gasteiger partial charge in [-0.2, -0.15) is 0 Å². The number of rotatable bonds is 7. The number of hydrogen-bond donors (Lipinski definition) is 2. The normalized spacial score (nSPS) is 20.0. The largest absolute Gasteiger partial charge is 0.343 e. The highest BCUT2D eigenvalue weighted by Gasteiger charge is 2.39. The molecule has 2 aliphatic rings. The first-order valence-corrected chi connectivity index (χ1v) is 13.8. The van der Waals surface area contributed by atoms with Crippen LogP contribution in [0.1, 0.15) is 69.4 Å². The van der Waals surface area contributed by atoms with Crippen molar-refractivity contribution in [3.05, 3.63) is 53.9 Å². The van der Waals surface area contributed by atoms with E-state index in [1.807, 2.05) is 34.7 Å². The minimum atomic E-state index is -0.537. The number of carbonyl (C=O) groups is 2. The van der Waals surface area contributed by atoms with Gasteiger partial charge in [-0.3, -0.25) is 9.59 Å². The third-order valence-electron chi connectivity index (χ3n) is 8.13. The van der Waals surface area contributed by atoms with E-state index in [9.17, 15) is 14.0 Å². The molecule has 3 atom stereocenters. The molecule has 0 bridgehead atoms. The van der Waals surface area contributed by atoms with Gasteiger partial charge in [0.1, 0.15) is 23.5 Å². The average molecular weight is 521 g/mol. The summed E-state index contributed by atoms with van der Waals surface area (Å²) in [5.74, 6) is 0.992. The molecule has 1 aliphatic carbocycles. The minimum absolute atomic E-state index is 0.0178. The molecule has 1 aromatic carbocycles. The number of aromatic nitrogens is 3. The second-order valence-electron chi connectivity index (χ2n) is 10.7. The molecule has 3 aromatic rings. The summed E-state index contributed by atoms with van der Waals surface area (Å²) in [5, 5.41) is 6.87. The van der Waals surface area contributed by atoms with Crippen LogP contribution in [0.2, 0.25) is 0 Å². The molecule has 5 rings (SSSR count). The number of nitrogens with one attached hydrogen (secondary N) is 2. The van der Waals surface area contributed by atoms with Crippen molar-refractivity contribution >= 4 is 22.7 Å². The summed E-state index contributed by atoms with van der Waals surface area (Å²) in [7, 11) is 1.75. The van der Waals surface area contributed by atoms with Gasteiger partial charge in [-0.15, -0.1) is 0 Å². The maximum atomic E-state index is 14.1. The Bertz CT molecular complexity index is 1320. The van der Waals surface area contributed by atoms with Crippen molar-refractivity contribution in [3.63, 3.8) is 0 Å². The predicted molar refractivity (Wildman–Crippen MR) is 144 cm³/mol. The van der Waals surface area contributed by atoms with Crippen molar-refractivity contribution in [2.24, 2.45) is 5.92 Å². The Morgan fingerprint density at radius 2 is 1.84 bits per heavy atom. The van der Waals surface area contributed by atoms with Gasteiger partial charge in [0.15, 0.2) is 0 Å². The summed E-state index contributed by atoms with van der Waals surface area (Å²) in [6.45, 7) is 4.29. The third kappa shape index (κ3) is 5.29. The quantitative estimate of drug-likeness (QED) is 0.487. The highest BCUT2D eigenvalue weighted by molar-refractivity contribution is 5.90. The van der Waals surface area contributed by atoms with Crippen molar-refractivity contribution in [2.45, 2.75) is 76.9 Å². The van der Waals surface area contributed by atoms with Gasteiger partial charge in [0, 0.05) is 24.2 Å². The fourth-order valence-electron chi connectivity index (χ4n) is 5.96. The monoisotopic (exact) mass is 520 g/mol. The molecule has 2 amide bonds. The summed E-state index contributed by atoms with van der Waals surface area (Å²) < 4.78 is 15.7. The molecule has 3 heterocycles. The predicted octanol–water partition coefficient (Wildman–Crippen LogP) is 4.20. The fourth-order valence-corrected chi connectivity index (χ4v) is 5.96. The Kier molecular flexibility index (Phi) is 7.74. The average Bonchev–Trinajstić information content (AvgIpc) is 3.58. The van der Waals surface area contributed by atoms with Crippen LogP contribution in [0.5, 0.6) is 0 Å². The van der Waals surface area contributed by atoms with Crippen molar-refractivity contribution in [1.29, 1.82) is 0 Å². The Balaban J connectivity index is 1.45. The lowest BCUT2D eigenvalue weighted by Crippen LogP contribution is -2.55. The number of amides is 2. The molecule has 2 N–H and O–H groups in total. The first kappa shape index (κ1) is 26.3.